The highest BCUT2D eigenvalue weighted by molar-refractivity contribution is 7.86. The Morgan fingerprint density at radius 3 is 2.29 bits per heavy atom. The molecule has 1 aliphatic heterocycles. The molecule has 0 aromatic heterocycles. The van der Waals surface area contributed by atoms with Gasteiger partial charge in [0.1, 0.15) is 0 Å². The van der Waals surface area contributed by atoms with Crippen molar-refractivity contribution < 1.29 is 9.32 Å². The van der Waals surface area contributed by atoms with Crippen LogP contribution in [0.15, 0.2) is 0 Å². The number of piperidine rings is 1. The molecule has 0 amide bonds. The summed E-state index contributed by atoms with van der Waals surface area (Å²) in [6.07, 6.45) is 1.43. The van der Waals surface area contributed by atoms with Gasteiger partial charge in [0.05, 0.1) is 11.4 Å². The monoisotopic (exact) mass is 219 g/mol. The van der Waals surface area contributed by atoms with Crippen LogP contribution in [0, 0.1) is 0 Å². The first-order valence-electron chi connectivity index (χ1n) is 5.15. The van der Waals surface area contributed by atoms with Crippen LogP contribution in [0.3, 0.4) is 0 Å². The van der Waals surface area contributed by atoms with Crippen molar-refractivity contribution in [2.45, 2.75) is 44.0 Å². The summed E-state index contributed by atoms with van der Waals surface area (Å²) < 4.78 is 11.6. The summed E-state index contributed by atoms with van der Waals surface area (Å²) in [5, 5.41) is 13.4. The minimum atomic E-state index is -0.952. The molecule has 0 bridgehead atoms. The molecule has 2 N–H and O–H groups in total. The van der Waals surface area contributed by atoms with Gasteiger partial charge in [-0.1, -0.05) is 0 Å². The van der Waals surface area contributed by atoms with Crippen LogP contribution in [0.5, 0.6) is 0 Å². The lowest BCUT2D eigenvalue weighted by atomic mass is 9.95. The fourth-order valence-corrected chi connectivity index (χ4v) is 2.71. The Labute approximate surface area is 88.7 Å². The van der Waals surface area contributed by atoms with Gasteiger partial charge in [-0.05, 0) is 46.7 Å². The summed E-state index contributed by atoms with van der Waals surface area (Å²) in [5.74, 6) is 0.415. The summed E-state index contributed by atoms with van der Waals surface area (Å²) >= 11 is 0. The number of aliphatic hydroxyl groups is 1. The van der Waals surface area contributed by atoms with Crippen molar-refractivity contribution in [1.29, 1.82) is 0 Å². The Hall–Kier alpha value is 0.0700. The first kappa shape index (κ1) is 12.1. The third-order valence-corrected chi connectivity index (χ3v) is 4.78. The molecule has 0 saturated carbocycles. The number of hydrogen-bond acceptors (Lipinski definition) is 3. The summed E-state index contributed by atoms with van der Waals surface area (Å²) in [7, 11) is -0.952. The van der Waals surface area contributed by atoms with Crippen molar-refractivity contribution in [3.63, 3.8) is 0 Å². The van der Waals surface area contributed by atoms with Gasteiger partial charge in [-0.25, -0.2) is 0 Å². The van der Waals surface area contributed by atoms with Crippen molar-refractivity contribution in [2.24, 2.45) is 0 Å². The first-order chi connectivity index (χ1) is 6.33. The quantitative estimate of drug-likeness (QED) is 0.717. The Morgan fingerprint density at radius 2 is 1.86 bits per heavy atom. The van der Waals surface area contributed by atoms with E-state index in [2.05, 4.69) is 5.32 Å². The summed E-state index contributed by atoms with van der Waals surface area (Å²) in [6, 6.07) is 0. The largest absolute Gasteiger partial charge is 0.389 e. The van der Waals surface area contributed by atoms with Gasteiger partial charge in [0, 0.05) is 15.5 Å². The van der Waals surface area contributed by atoms with Crippen molar-refractivity contribution in [3.05, 3.63) is 0 Å². The number of nitrogens with one attached hydrogen (secondary N) is 1. The van der Waals surface area contributed by atoms with Gasteiger partial charge in [0.25, 0.3) is 0 Å². The summed E-state index contributed by atoms with van der Waals surface area (Å²) in [6.45, 7) is 7.52. The maximum atomic E-state index is 11.9. The number of hydrogen-bond donors (Lipinski definition) is 2. The van der Waals surface area contributed by atoms with E-state index in [0.717, 1.165) is 25.9 Å². The predicted octanol–water partition coefficient (Wildman–Crippen LogP) is 0.648. The second-order valence-corrected chi connectivity index (χ2v) is 7.28. The molecule has 1 heterocycles. The molecule has 0 aliphatic carbocycles. The molecule has 1 aliphatic rings. The average Bonchev–Trinajstić information content (AvgIpc) is 2.02. The lowest BCUT2D eigenvalue weighted by molar-refractivity contribution is 0.0328. The van der Waals surface area contributed by atoms with Gasteiger partial charge in [-0.15, -0.1) is 0 Å². The van der Waals surface area contributed by atoms with E-state index >= 15 is 0 Å². The van der Waals surface area contributed by atoms with Gasteiger partial charge in [-0.2, -0.15) is 0 Å². The van der Waals surface area contributed by atoms with Gasteiger partial charge in [0.15, 0.2) is 0 Å². The highest BCUT2D eigenvalue weighted by Gasteiger charge is 2.34. The molecule has 4 heteroatoms. The van der Waals surface area contributed by atoms with E-state index in [1.807, 2.05) is 20.8 Å². The minimum absolute atomic E-state index is 0.222. The second kappa shape index (κ2) is 4.29. The van der Waals surface area contributed by atoms with Crippen molar-refractivity contribution in [3.8, 4) is 0 Å². The smallest absolute Gasteiger partial charge is 0.0786 e. The molecule has 84 valence electrons. The van der Waals surface area contributed by atoms with E-state index in [1.165, 1.54) is 0 Å². The maximum Gasteiger partial charge on any atom is 0.0786 e. The third-order valence-electron chi connectivity index (χ3n) is 2.62. The Kier molecular flexibility index (Phi) is 3.72. The zero-order valence-corrected chi connectivity index (χ0v) is 10.1. The Morgan fingerprint density at radius 1 is 1.36 bits per heavy atom. The fourth-order valence-electron chi connectivity index (χ4n) is 1.50. The van der Waals surface area contributed by atoms with Gasteiger partial charge >= 0.3 is 0 Å². The van der Waals surface area contributed by atoms with Gasteiger partial charge in [0.2, 0.25) is 0 Å². The van der Waals surface area contributed by atoms with Gasteiger partial charge < -0.3 is 10.4 Å². The molecule has 1 saturated heterocycles. The Balaban J connectivity index is 2.54. The Bertz CT molecular complexity index is 217. The zero-order chi connectivity index (χ0) is 10.8. The predicted molar refractivity (Wildman–Crippen MR) is 59.8 cm³/mol. The standard InChI is InChI=1S/C10H21NO2S/c1-9(2,3)14(13)8-10(12)4-6-11-7-5-10/h11-12H,4-8H2,1-3H3. The molecule has 1 fully saturated rings. The highest BCUT2D eigenvalue weighted by atomic mass is 32.2. The lowest BCUT2D eigenvalue weighted by Crippen LogP contribution is -2.47. The highest BCUT2D eigenvalue weighted by Crippen LogP contribution is 2.23. The summed E-state index contributed by atoms with van der Waals surface area (Å²) in [4.78, 5) is 0. The van der Waals surface area contributed by atoms with Crippen LogP contribution in [0.2, 0.25) is 0 Å². The SMILES string of the molecule is CC(C)(C)S(=O)CC1(O)CCNCC1. The van der Waals surface area contributed by atoms with Crippen LogP contribution in [-0.4, -0.2) is 38.5 Å². The second-order valence-electron chi connectivity index (χ2n) is 5.08. The molecular weight excluding hydrogens is 198 g/mol. The van der Waals surface area contributed by atoms with Crippen molar-refractivity contribution >= 4 is 10.8 Å². The third kappa shape index (κ3) is 3.33. The average molecular weight is 219 g/mol. The van der Waals surface area contributed by atoms with Crippen LogP contribution in [-0.2, 0) is 10.8 Å². The molecule has 0 aromatic rings. The van der Waals surface area contributed by atoms with E-state index < -0.39 is 16.4 Å². The van der Waals surface area contributed by atoms with E-state index in [4.69, 9.17) is 0 Å². The molecule has 1 atom stereocenters. The van der Waals surface area contributed by atoms with E-state index in [1.54, 1.807) is 0 Å². The fraction of sp³-hybridized carbons (Fsp3) is 1.00. The first-order valence-corrected chi connectivity index (χ1v) is 6.47. The molecule has 0 aromatic carbocycles. The molecule has 1 unspecified atom stereocenters. The lowest BCUT2D eigenvalue weighted by Gasteiger charge is -2.34. The van der Waals surface area contributed by atoms with Crippen molar-refractivity contribution in [2.75, 3.05) is 18.8 Å². The van der Waals surface area contributed by atoms with Crippen LogP contribution in [0.4, 0.5) is 0 Å². The van der Waals surface area contributed by atoms with E-state index in [0.29, 0.717) is 5.75 Å². The maximum absolute atomic E-state index is 11.9. The minimum Gasteiger partial charge on any atom is -0.389 e. The molecule has 0 spiro atoms. The van der Waals surface area contributed by atoms with Crippen molar-refractivity contribution in [1.82, 2.24) is 5.32 Å². The summed E-state index contributed by atoms with van der Waals surface area (Å²) in [5.41, 5.74) is -0.705. The van der Waals surface area contributed by atoms with E-state index in [9.17, 15) is 9.32 Å². The normalized spacial score (nSPS) is 24.6. The molecule has 1 rings (SSSR count). The molecule has 3 nitrogen and oxygen atoms in total. The van der Waals surface area contributed by atoms with E-state index in [-0.39, 0.29) is 4.75 Å². The topological polar surface area (TPSA) is 49.3 Å². The van der Waals surface area contributed by atoms with Crippen LogP contribution in [0.1, 0.15) is 33.6 Å². The molecule has 0 radical (unpaired) electrons. The van der Waals surface area contributed by atoms with Crippen LogP contribution >= 0.6 is 0 Å². The van der Waals surface area contributed by atoms with Gasteiger partial charge in [-0.3, -0.25) is 4.21 Å². The molecular formula is C10H21NO2S. The van der Waals surface area contributed by atoms with Crippen LogP contribution in [0.25, 0.3) is 0 Å². The zero-order valence-electron chi connectivity index (χ0n) is 9.30. The molecule has 14 heavy (non-hydrogen) atoms. The number of rotatable bonds is 2. The van der Waals surface area contributed by atoms with Crippen LogP contribution < -0.4 is 5.32 Å².